The smallest absolute Gasteiger partial charge is 0.113 e. The lowest BCUT2D eigenvalue weighted by Crippen LogP contribution is -2.32. The third-order valence-corrected chi connectivity index (χ3v) is 3.43. The minimum absolute atomic E-state index is 0.253. The molecule has 0 amide bonds. The fourth-order valence-electron chi connectivity index (χ4n) is 1.45. The summed E-state index contributed by atoms with van der Waals surface area (Å²) in [4.78, 5) is 0. The zero-order chi connectivity index (χ0) is 11.6. The van der Waals surface area contributed by atoms with Crippen molar-refractivity contribution in [2.24, 2.45) is 0 Å². The average Bonchev–Trinajstić information content (AvgIpc) is 2.79. The highest BCUT2D eigenvalue weighted by Crippen LogP contribution is 2.14. The SMILES string of the molecule is CCCNC(CCO)CSCc1ccco1. The van der Waals surface area contributed by atoms with E-state index in [1.54, 1.807) is 6.26 Å². The lowest BCUT2D eigenvalue weighted by Gasteiger charge is -2.16. The van der Waals surface area contributed by atoms with E-state index in [0.29, 0.717) is 6.04 Å². The highest BCUT2D eigenvalue weighted by Gasteiger charge is 2.07. The molecule has 92 valence electrons. The van der Waals surface area contributed by atoms with Crippen molar-refractivity contribution in [1.82, 2.24) is 5.32 Å². The standard InChI is InChI=1S/C12H21NO2S/c1-2-6-13-11(5-7-14)9-16-10-12-4-3-8-15-12/h3-4,8,11,13-14H,2,5-7,9-10H2,1H3. The predicted octanol–water partition coefficient (Wildman–Crippen LogP) is 2.26. The zero-order valence-electron chi connectivity index (χ0n) is 9.82. The lowest BCUT2D eigenvalue weighted by atomic mass is 10.2. The third-order valence-electron chi connectivity index (χ3n) is 2.30. The molecule has 1 rings (SSSR count). The van der Waals surface area contributed by atoms with Crippen LogP contribution in [0.3, 0.4) is 0 Å². The number of aliphatic hydroxyl groups excluding tert-OH is 1. The van der Waals surface area contributed by atoms with Crippen molar-refractivity contribution in [3.63, 3.8) is 0 Å². The number of hydrogen-bond donors (Lipinski definition) is 2. The van der Waals surface area contributed by atoms with E-state index in [2.05, 4.69) is 12.2 Å². The van der Waals surface area contributed by atoms with Crippen molar-refractivity contribution in [3.8, 4) is 0 Å². The predicted molar refractivity (Wildman–Crippen MR) is 68.7 cm³/mol. The minimum Gasteiger partial charge on any atom is -0.468 e. The highest BCUT2D eigenvalue weighted by molar-refractivity contribution is 7.98. The van der Waals surface area contributed by atoms with Gasteiger partial charge in [0.15, 0.2) is 0 Å². The number of aliphatic hydroxyl groups is 1. The fourth-order valence-corrected chi connectivity index (χ4v) is 2.50. The van der Waals surface area contributed by atoms with Crippen LogP contribution in [0.4, 0.5) is 0 Å². The van der Waals surface area contributed by atoms with Gasteiger partial charge in [0.25, 0.3) is 0 Å². The first-order valence-corrected chi connectivity index (χ1v) is 6.96. The molecule has 1 aromatic rings. The summed E-state index contributed by atoms with van der Waals surface area (Å²) in [5, 5.41) is 12.4. The number of nitrogens with one attached hydrogen (secondary N) is 1. The molecule has 1 unspecified atom stereocenters. The van der Waals surface area contributed by atoms with E-state index in [4.69, 9.17) is 9.52 Å². The van der Waals surface area contributed by atoms with E-state index in [-0.39, 0.29) is 6.61 Å². The van der Waals surface area contributed by atoms with Gasteiger partial charge < -0.3 is 14.8 Å². The van der Waals surface area contributed by atoms with Crippen molar-refractivity contribution < 1.29 is 9.52 Å². The number of furan rings is 1. The molecular formula is C12H21NO2S. The Labute approximate surface area is 102 Å². The Hall–Kier alpha value is -0.450. The topological polar surface area (TPSA) is 45.4 Å². The molecule has 4 heteroatoms. The summed E-state index contributed by atoms with van der Waals surface area (Å²) in [5.41, 5.74) is 0. The van der Waals surface area contributed by atoms with Crippen LogP contribution in [0.1, 0.15) is 25.5 Å². The first kappa shape index (κ1) is 13.6. The van der Waals surface area contributed by atoms with Crippen LogP contribution in [0.2, 0.25) is 0 Å². The summed E-state index contributed by atoms with van der Waals surface area (Å²) in [5.74, 6) is 2.94. The molecule has 0 aliphatic carbocycles. The molecule has 0 radical (unpaired) electrons. The summed E-state index contributed by atoms with van der Waals surface area (Å²) >= 11 is 1.84. The molecule has 0 aliphatic rings. The summed E-state index contributed by atoms with van der Waals surface area (Å²) in [6.45, 7) is 3.42. The molecule has 0 bridgehead atoms. The Morgan fingerprint density at radius 2 is 2.44 bits per heavy atom. The van der Waals surface area contributed by atoms with Crippen molar-refractivity contribution >= 4 is 11.8 Å². The van der Waals surface area contributed by atoms with Gasteiger partial charge in [0.1, 0.15) is 5.76 Å². The van der Waals surface area contributed by atoms with Crippen LogP contribution in [-0.4, -0.2) is 30.1 Å². The largest absolute Gasteiger partial charge is 0.468 e. The van der Waals surface area contributed by atoms with Gasteiger partial charge in [-0.2, -0.15) is 11.8 Å². The average molecular weight is 243 g/mol. The van der Waals surface area contributed by atoms with Gasteiger partial charge in [-0.25, -0.2) is 0 Å². The third kappa shape index (κ3) is 5.58. The maximum atomic E-state index is 8.95. The van der Waals surface area contributed by atoms with Crippen LogP contribution >= 0.6 is 11.8 Å². The van der Waals surface area contributed by atoms with Crippen molar-refractivity contribution in [1.29, 1.82) is 0 Å². The molecule has 0 fully saturated rings. The van der Waals surface area contributed by atoms with E-state index in [1.165, 1.54) is 0 Å². The number of hydrogen-bond acceptors (Lipinski definition) is 4. The van der Waals surface area contributed by atoms with Crippen LogP contribution in [0.5, 0.6) is 0 Å². The van der Waals surface area contributed by atoms with Crippen LogP contribution < -0.4 is 5.32 Å². The van der Waals surface area contributed by atoms with E-state index < -0.39 is 0 Å². The maximum absolute atomic E-state index is 8.95. The monoisotopic (exact) mass is 243 g/mol. The second-order valence-electron chi connectivity index (χ2n) is 3.76. The maximum Gasteiger partial charge on any atom is 0.113 e. The van der Waals surface area contributed by atoms with Crippen LogP contribution in [0, 0.1) is 0 Å². The second kappa shape index (κ2) is 8.67. The molecule has 3 nitrogen and oxygen atoms in total. The van der Waals surface area contributed by atoms with Gasteiger partial charge in [-0.15, -0.1) is 0 Å². The Morgan fingerprint density at radius 1 is 1.56 bits per heavy atom. The van der Waals surface area contributed by atoms with Gasteiger partial charge >= 0.3 is 0 Å². The lowest BCUT2D eigenvalue weighted by molar-refractivity contribution is 0.270. The Kier molecular flexibility index (Phi) is 7.38. The van der Waals surface area contributed by atoms with E-state index >= 15 is 0 Å². The first-order valence-electron chi connectivity index (χ1n) is 5.81. The van der Waals surface area contributed by atoms with Crippen molar-refractivity contribution in [2.75, 3.05) is 18.9 Å². The molecular weight excluding hydrogens is 222 g/mol. The summed E-state index contributed by atoms with van der Waals surface area (Å²) < 4.78 is 5.27. The van der Waals surface area contributed by atoms with Gasteiger partial charge in [-0.1, -0.05) is 6.92 Å². The molecule has 0 saturated heterocycles. The van der Waals surface area contributed by atoms with E-state index in [9.17, 15) is 0 Å². The van der Waals surface area contributed by atoms with Gasteiger partial charge in [-0.05, 0) is 31.5 Å². The van der Waals surface area contributed by atoms with Gasteiger partial charge in [0.2, 0.25) is 0 Å². The van der Waals surface area contributed by atoms with Gasteiger partial charge in [-0.3, -0.25) is 0 Å². The Bertz CT molecular complexity index is 252. The summed E-state index contributed by atoms with van der Waals surface area (Å²) in [6.07, 6.45) is 3.66. The fraction of sp³-hybridized carbons (Fsp3) is 0.667. The molecule has 0 spiro atoms. The highest BCUT2D eigenvalue weighted by atomic mass is 32.2. The molecule has 1 aromatic heterocycles. The quantitative estimate of drug-likeness (QED) is 0.698. The summed E-state index contributed by atoms with van der Waals surface area (Å²) in [7, 11) is 0. The van der Waals surface area contributed by atoms with E-state index in [1.807, 2.05) is 23.9 Å². The van der Waals surface area contributed by atoms with Gasteiger partial charge in [0, 0.05) is 18.4 Å². The van der Waals surface area contributed by atoms with Crippen LogP contribution in [0.15, 0.2) is 22.8 Å². The molecule has 0 saturated carbocycles. The van der Waals surface area contributed by atoms with Crippen molar-refractivity contribution in [2.45, 2.75) is 31.6 Å². The zero-order valence-corrected chi connectivity index (χ0v) is 10.6. The number of thioether (sulfide) groups is 1. The first-order chi connectivity index (χ1) is 7.86. The van der Waals surface area contributed by atoms with Gasteiger partial charge in [0.05, 0.1) is 12.0 Å². The minimum atomic E-state index is 0.253. The molecule has 0 aliphatic heterocycles. The summed E-state index contributed by atoms with van der Waals surface area (Å²) in [6, 6.07) is 4.31. The molecule has 1 atom stereocenters. The second-order valence-corrected chi connectivity index (χ2v) is 4.79. The molecule has 16 heavy (non-hydrogen) atoms. The normalized spacial score (nSPS) is 12.9. The molecule has 2 N–H and O–H groups in total. The molecule has 0 aromatic carbocycles. The number of rotatable bonds is 9. The van der Waals surface area contributed by atoms with Crippen LogP contribution in [-0.2, 0) is 5.75 Å². The Morgan fingerprint density at radius 3 is 3.06 bits per heavy atom. The Balaban J connectivity index is 2.15. The van der Waals surface area contributed by atoms with Crippen molar-refractivity contribution in [3.05, 3.63) is 24.2 Å². The van der Waals surface area contributed by atoms with Crippen LogP contribution in [0.25, 0.3) is 0 Å². The van der Waals surface area contributed by atoms with E-state index in [0.717, 1.165) is 36.7 Å². The molecule has 1 heterocycles.